The highest BCUT2D eigenvalue weighted by atomic mass is 19.1. The second-order valence-electron chi connectivity index (χ2n) is 6.09. The SMILES string of the molecule is Cn1cnc2cc(C(=O)N3CCOC(c4cccc(F)c4)C3)cnc21. The van der Waals surface area contributed by atoms with Gasteiger partial charge in [-0.2, -0.15) is 0 Å². The zero-order valence-corrected chi connectivity index (χ0v) is 13.7. The Hall–Kier alpha value is -2.80. The number of nitrogens with zero attached hydrogens (tertiary/aromatic N) is 4. The van der Waals surface area contributed by atoms with Crippen molar-refractivity contribution >= 4 is 17.1 Å². The van der Waals surface area contributed by atoms with Gasteiger partial charge in [0.2, 0.25) is 0 Å². The molecule has 0 bridgehead atoms. The lowest BCUT2D eigenvalue weighted by molar-refractivity contribution is -0.0229. The van der Waals surface area contributed by atoms with Gasteiger partial charge in [-0.05, 0) is 23.8 Å². The lowest BCUT2D eigenvalue weighted by atomic mass is 10.1. The quantitative estimate of drug-likeness (QED) is 0.718. The molecule has 6 nitrogen and oxygen atoms in total. The third-order valence-electron chi connectivity index (χ3n) is 4.37. The number of hydrogen-bond acceptors (Lipinski definition) is 4. The van der Waals surface area contributed by atoms with E-state index < -0.39 is 0 Å². The van der Waals surface area contributed by atoms with Crippen molar-refractivity contribution in [3.8, 4) is 0 Å². The highest BCUT2D eigenvalue weighted by Crippen LogP contribution is 2.24. The Kier molecular flexibility index (Phi) is 3.93. The molecule has 4 rings (SSSR count). The van der Waals surface area contributed by atoms with E-state index in [9.17, 15) is 9.18 Å². The number of aromatic nitrogens is 3. The molecule has 1 aliphatic heterocycles. The maximum atomic E-state index is 13.4. The Morgan fingerprint density at radius 3 is 3.04 bits per heavy atom. The molecule has 3 aromatic rings. The summed E-state index contributed by atoms with van der Waals surface area (Å²) in [6, 6.07) is 8.04. The first-order valence-corrected chi connectivity index (χ1v) is 8.05. The smallest absolute Gasteiger partial charge is 0.255 e. The van der Waals surface area contributed by atoms with Gasteiger partial charge in [-0.3, -0.25) is 4.79 Å². The van der Waals surface area contributed by atoms with Crippen molar-refractivity contribution in [1.82, 2.24) is 19.4 Å². The lowest BCUT2D eigenvalue weighted by Crippen LogP contribution is -2.42. The van der Waals surface area contributed by atoms with Crippen LogP contribution < -0.4 is 0 Å². The van der Waals surface area contributed by atoms with Gasteiger partial charge >= 0.3 is 0 Å². The van der Waals surface area contributed by atoms with Gasteiger partial charge in [0.1, 0.15) is 17.4 Å². The van der Waals surface area contributed by atoms with Crippen LogP contribution in [0.25, 0.3) is 11.2 Å². The molecule has 1 unspecified atom stereocenters. The molecule has 1 saturated heterocycles. The number of morpholine rings is 1. The number of fused-ring (bicyclic) bond motifs is 1. The maximum Gasteiger partial charge on any atom is 0.255 e. The number of rotatable bonds is 2. The standard InChI is InChI=1S/C18H17FN4O2/c1-22-11-21-15-8-13(9-20-17(15)22)18(24)23-5-6-25-16(10-23)12-3-2-4-14(19)7-12/h2-4,7-9,11,16H,5-6,10H2,1H3. The highest BCUT2D eigenvalue weighted by Gasteiger charge is 2.26. The molecule has 1 atom stereocenters. The van der Waals surface area contributed by atoms with E-state index in [0.717, 1.165) is 11.2 Å². The topological polar surface area (TPSA) is 60.2 Å². The number of benzene rings is 1. The molecule has 0 N–H and O–H groups in total. The molecule has 1 amide bonds. The van der Waals surface area contributed by atoms with E-state index in [1.165, 1.54) is 12.1 Å². The van der Waals surface area contributed by atoms with Crippen molar-refractivity contribution in [2.24, 2.45) is 7.05 Å². The Bertz CT molecular complexity index is 940. The molecule has 1 aliphatic rings. The molecular formula is C18H17FN4O2. The van der Waals surface area contributed by atoms with E-state index in [-0.39, 0.29) is 17.8 Å². The summed E-state index contributed by atoms with van der Waals surface area (Å²) >= 11 is 0. The Labute approximate surface area is 143 Å². The van der Waals surface area contributed by atoms with E-state index in [0.29, 0.717) is 30.8 Å². The average Bonchev–Trinajstić information content (AvgIpc) is 3.02. The van der Waals surface area contributed by atoms with Crippen LogP contribution in [0.4, 0.5) is 4.39 Å². The van der Waals surface area contributed by atoms with Crippen LogP contribution in [0, 0.1) is 5.82 Å². The molecule has 25 heavy (non-hydrogen) atoms. The summed E-state index contributed by atoms with van der Waals surface area (Å²) in [5.74, 6) is -0.431. The van der Waals surface area contributed by atoms with Crippen molar-refractivity contribution in [3.05, 3.63) is 59.8 Å². The third-order valence-corrected chi connectivity index (χ3v) is 4.37. The molecule has 0 saturated carbocycles. The average molecular weight is 340 g/mol. The molecule has 1 aromatic carbocycles. The molecule has 128 valence electrons. The fraction of sp³-hybridized carbons (Fsp3) is 0.278. The molecule has 3 heterocycles. The number of aryl methyl sites for hydroxylation is 1. The van der Waals surface area contributed by atoms with Crippen molar-refractivity contribution in [3.63, 3.8) is 0 Å². The number of ether oxygens (including phenoxy) is 1. The van der Waals surface area contributed by atoms with Crippen LogP contribution in [0.15, 0.2) is 42.9 Å². The van der Waals surface area contributed by atoms with Crippen LogP contribution in [0.1, 0.15) is 22.0 Å². The predicted molar refractivity (Wildman–Crippen MR) is 89.5 cm³/mol. The van der Waals surface area contributed by atoms with Crippen molar-refractivity contribution in [1.29, 1.82) is 0 Å². The van der Waals surface area contributed by atoms with Crippen LogP contribution in [-0.2, 0) is 11.8 Å². The summed E-state index contributed by atoms with van der Waals surface area (Å²) in [7, 11) is 1.86. The van der Waals surface area contributed by atoms with Gasteiger partial charge in [-0.1, -0.05) is 12.1 Å². The summed E-state index contributed by atoms with van der Waals surface area (Å²) in [6.07, 6.45) is 2.90. The van der Waals surface area contributed by atoms with Gasteiger partial charge in [0.05, 0.1) is 25.0 Å². The number of halogens is 1. The van der Waals surface area contributed by atoms with Crippen LogP contribution >= 0.6 is 0 Å². The van der Waals surface area contributed by atoms with E-state index >= 15 is 0 Å². The van der Waals surface area contributed by atoms with E-state index in [1.54, 1.807) is 34.1 Å². The summed E-state index contributed by atoms with van der Waals surface area (Å²) < 4.78 is 21.0. The number of pyridine rings is 1. The molecule has 0 aliphatic carbocycles. The zero-order valence-electron chi connectivity index (χ0n) is 13.7. The van der Waals surface area contributed by atoms with Crippen LogP contribution in [0.2, 0.25) is 0 Å². The number of carbonyl (C=O) groups is 1. The number of amides is 1. The highest BCUT2D eigenvalue weighted by molar-refractivity contribution is 5.96. The van der Waals surface area contributed by atoms with Crippen LogP contribution in [0.5, 0.6) is 0 Å². The number of hydrogen-bond donors (Lipinski definition) is 0. The number of imidazole rings is 1. The fourth-order valence-corrected chi connectivity index (χ4v) is 3.06. The molecule has 1 fully saturated rings. The van der Waals surface area contributed by atoms with E-state index in [1.807, 2.05) is 13.1 Å². The van der Waals surface area contributed by atoms with Crippen molar-refractivity contribution in [2.45, 2.75) is 6.10 Å². The van der Waals surface area contributed by atoms with Crippen LogP contribution in [-0.4, -0.2) is 45.0 Å². The Morgan fingerprint density at radius 2 is 2.20 bits per heavy atom. The first-order chi connectivity index (χ1) is 12.1. The monoisotopic (exact) mass is 340 g/mol. The predicted octanol–water partition coefficient (Wildman–Crippen LogP) is 2.32. The second kappa shape index (κ2) is 6.25. The fourth-order valence-electron chi connectivity index (χ4n) is 3.06. The maximum absolute atomic E-state index is 13.4. The molecule has 7 heteroatoms. The summed E-state index contributed by atoms with van der Waals surface area (Å²) in [5.41, 5.74) is 2.64. The van der Waals surface area contributed by atoms with Gasteiger partial charge in [-0.15, -0.1) is 0 Å². The summed E-state index contributed by atoms with van der Waals surface area (Å²) in [6.45, 7) is 1.28. The Morgan fingerprint density at radius 1 is 1.32 bits per heavy atom. The van der Waals surface area contributed by atoms with E-state index in [2.05, 4.69) is 9.97 Å². The Balaban J connectivity index is 1.56. The number of carbonyl (C=O) groups excluding carboxylic acids is 1. The largest absolute Gasteiger partial charge is 0.370 e. The minimum atomic E-state index is -0.333. The second-order valence-corrected chi connectivity index (χ2v) is 6.09. The zero-order chi connectivity index (χ0) is 17.4. The van der Waals surface area contributed by atoms with Gasteiger partial charge < -0.3 is 14.2 Å². The first kappa shape index (κ1) is 15.7. The molecule has 0 spiro atoms. The lowest BCUT2D eigenvalue weighted by Gasteiger charge is -2.33. The van der Waals surface area contributed by atoms with Gasteiger partial charge in [0.25, 0.3) is 5.91 Å². The van der Waals surface area contributed by atoms with Gasteiger partial charge in [0, 0.05) is 19.8 Å². The molecule has 0 radical (unpaired) electrons. The molecule has 2 aromatic heterocycles. The third kappa shape index (κ3) is 2.98. The normalized spacial score (nSPS) is 17.8. The van der Waals surface area contributed by atoms with Crippen molar-refractivity contribution < 1.29 is 13.9 Å². The van der Waals surface area contributed by atoms with E-state index in [4.69, 9.17) is 4.74 Å². The minimum absolute atomic E-state index is 0.121. The van der Waals surface area contributed by atoms with Crippen LogP contribution in [0.3, 0.4) is 0 Å². The first-order valence-electron chi connectivity index (χ1n) is 8.05. The van der Waals surface area contributed by atoms with Gasteiger partial charge in [0.15, 0.2) is 5.65 Å². The molecular weight excluding hydrogens is 323 g/mol. The van der Waals surface area contributed by atoms with Gasteiger partial charge in [-0.25, -0.2) is 14.4 Å². The summed E-state index contributed by atoms with van der Waals surface area (Å²) in [4.78, 5) is 23.1. The summed E-state index contributed by atoms with van der Waals surface area (Å²) in [5, 5.41) is 0. The minimum Gasteiger partial charge on any atom is -0.370 e. The van der Waals surface area contributed by atoms with Crippen molar-refractivity contribution in [2.75, 3.05) is 19.7 Å².